The van der Waals surface area contributed by atoms with Crippen LogP contribution in [-0.2, 0) is 4.74 Å². The van der Waals surface area contributed by atoms with Gasteiger partial charge in [-0.2, -0.15) is 0 Å². The standard InChI is InChI=1S/C20H29ClN4O2/c1-20(2,3)27-19(26)24-7-4-5-14-9-17(10-14)25-13-15(12-22)18-11-16(21)6-8-23-18/h6,8,11-14,17,22,25H,4-5,7,9-10H2,1-3H3,(H,24,26)/b15-13+,22-12?. The lowest BCUT2D eigenvalue weighted by Gasteiger charge is -2.35. The molecule has 0 aliphatic heterocycles. The second-order valence-corrected chi connectivity index (χ2v) is 8.31. The van der Waals surface area contributed by atoms with Crippen LogP contribution in [-0.4, -0.2) is 35.5 Å². The average Bonchev–Trinajstić information content (AvgIpc) is 2.53. The van der Waals surface area contributed by atoms with E-state index < -0.39 is 5.60 Å². The smallest absolute Gasteiger partial charge is 0.407 e. The summed E-state index contributed by atoms with van der Waals surface area (Å²) in [5.74, 6) is 0.670. The average molecular weight is 393 g/mol. The lowest BCUT2D eigenvalue weighted by atomic mass is 9.77. The molecule has 1 aliphatic carbocycles. The first-order valence-corrected chi connectivity index (χ1v) is 9.70. The molecule has 0 saturated heterocycles. The van der Waals surface area contributed by atoms with Crippen LogP contribution in [0.15, 0.2) is 24.5 Å². The second kappa shape index (κ2) is 9.74. The van der Waals surface area contributed by atoms with E-state index in [1.54, 1.807) is 18.3 Å². The van der Waals surface area contributed by atoms with Crippen molar-refractivity contribution in [3.05, 3.63) is 35.2 Å². The number of aromatic nitrogens is 1. The first kappa shape index (κ1) is 21.2. The predicted octanol–water partition coefficient (Wildman–Crippen LogP) is 4.40. The highest BCUT2D eigenvalue weighted by Gasteiger charge is 2.27. The lowest BCUT2D eigenvalue weighted by Crippen LogP contribution is -2.39. The van der Waals surface area contributed by atoms with E-state index >= 15 is 0 Å². The highest BCUT2D eigenvalue weighted by molar-refractivity contribution is 6.30. The fraction of sp³-hybridized carbons (Fsp3) is 0.550. The third-order valence-corrected chi connectivity index (χ3v) is 4.58. The Morgan fingerprint density at radius 1 is 1.44 bits per heavy atom. The largest absolute Gasteiger partial charge is 0.444 e. The van der Waals surface area contributed by atoms with Gasteiger partial charge in [-0.1, -0.05) is 11.6 Å². The van der Waals surface area contributed by atoms with E-state index in [1.165, 1.54) is 6.21 Å². The Morgan fingerprint density at radius 2 is 2.19 bits per heavy atom. The van der Waals surface area contributed by atoms with Crippen molar-refractivity contribution in [2.75, 3.05) is 6.54 Å². The van der Waals surface area contributed by atoms with Crippen molar-refractivity contribution in [2.24, 2.45) is 5.92 Å². The van der Waals surface area contributed by atoms with Crippen molar-refractivity contribution in [3.8, 4) is 0 Å². The summed E-state index contributed by atoms with van der Waals surface area (Å²) in [6.07, 6.45) is 8.64. The SMILES string of the molecule is CC(C)(C)OC(=O)NCCCC1CC(N/C=C(\C=N)c2cc(Cl)ccn2)C1. The topological polar surface area (TPSA) is 87.1 Å². The number of halogens is 1. The summed E-state index contributed by atoms with van der Waals surface area (Å²) >= 11 is 5.98. The van der Waals surface area contributed by atoms with Gasteiger partial charge in [0.15, 0.2) is 0 Å². The summed E-state index contributed by atoms with van der Waals surface area (Å²) in [6, 6.07) is 3.89. The molecule has 0 atom stereocenters. The molecule has 27 heavy (non-hydrogen) atoms. The van der Waals surface area contributed by atoms with Crippen molar-refractivity contribution in [3.63, 3.8) is 0 Å². The Balaban J connectivity index is 1.63. The zero-order chi connectivity index (χ0) is 19.9. The maximum absolute atomic E-state index is 11.6. The maximum atomic E-state index is 11.6. The number of amides is 1. The van der Waals surface area contributed by atoms with Crippen LogP contribution in [0, 0.1) is 11.3 Å². The molecule has 0 aromatic carbocycles. The summed E-state index contributed by atoms with van der Waals surface area (Å²) in [6.45, 7) is 6.21. The Labute approximate surface area is 166 Å². The van der Waals surface area contributed by atoms with Gasteiger partial charge >= 0.3 is 6.09 Å². The number of carbonyl (C=O) groups excluding carboxylic acids is 1. The van der Waals surface area contributed by atoms with E-state index in [9.17, 15) is 4.79 Å². The van der Waals surface area contributed by atoms with E-state index in [2.05, 4.69) is 15.6 Å². The van der Waals surface area contributed by atoms with E-state index in [0.29, 0.717) is 34.8 Å². The van der Waals surface area contributed by atoms with Crippen LogP contribution in [0.25, 0.3) is 5.57 Å². The first-order valence-electron chi connectivity index (χ1n) is 9.32. The van der Waals surface area contributed by atoms with Gasteiger partial charge in [0.1, 0.15) is 5.60 Å². The Bertz CT molecular complexity index is 679. The second-order valence-electron chi connectivity index (χ2n) is 7.88. The van der Waals surface area contributed by atoms with Gasteiger partial charge in [0.05, 0.1) is 5.69 Å². The fourth-order valence-electron chi connectivity index (χ4n) is 2.96. The number of rotatable bonds is 8. The molecular weight excluding hydrogens is 364 g/mol. The minimum absolute atomic E-state index is 0.352. The molecule has 1 aromatic rings. The van der Waals surface area contributed by atoms with Gasteiger partial charge in [0.2, 0.25) is 0 Å². The van der Waals surface area contributed by atoms with Gasteiger partial charge in [0.25, 0.3) is 0 Å². The Morgan fingerprint density at radius 3 is 2.81 bits per heavy atom. The fourth-order valence-corrected chi connectivity index (χ4v) is 3.12. The maximum Gasteiger partial charge on any atom is 0.407 e. The first-order chi connectivity index (χ1) is 12.8. The molecule has 0 unspecified atom stereocenters. The van der Waals surface area contributed by atoms with E-state index in [-0.39, 0.29) is 6.09 Å². The van der Waals surface area contributed by atoms with Gasteiger partial charge in [-0.25, -0.2) is 4.79 Å². The van der Waals surface area contributed by atoms with E-state index in [0.717, 1.165) is 25.7 Å². The highest BCUT2D eigenvalue weighted by atomic mass is 35.5. The van der Waals surface area contributed by atoms with E-state index in [1.807, 2.05) is 27.0 Å². The number of pyridine rings is 1. The third kappa shape index (κ3) is 7.59. The summed E-state index contributed by atoms with van der Waals surface area (Å²) < 4.78 is 5.21. The molecule has 1 saturated carbocycles. The molecule has 0 bridgehead atoms. The molecule has 1 fully saturated rings. The molecule has 2 rings (SSSR count). The number of carbonyl (C=O) groups is 1. The summed E-state index contributed by atoms with van der Waals surface area (Å²) in [7, 11) is 0. The van der Waals surface area contributed by atoms with Crippen molar-refractivity contribution in [1.82, 2.24) is 15.6 Å². The number of allylic oxidation sites excluding steroid dienone is 1. The van der Waals surface area contributed by atoms with Crippen LogP contribution in [0.3, 0.4) is 0 Å². The number of hydrogen-bond acceptors (Lipinski definition) is 5. The number of nitrogens with one attached hydrogen (secondary N) is 3. The van der Waals surface area contributed by atoms with Crippen molar-refractivity contribution in [2.45, 2.75) is 58.1 Å². The number of alkyl carbamates (subject to hydrolysis) is 1. The molecule has 1 aromatic heterocycles. The molecule has 148 valence electrons. The molecule has 7 heteroatoms. The number of ether oxygens (including phenoxy) is 1. The van der Waals surface area contributed by atoms with Crippen molar-refractivity contribution >= 4 is 29.5 Å². The van der Waals surface area contributed by atoms with Crippen LogP contribution in [0.5, 0.6) is 0 Å². The van der Waals surface area contributed by atoms with Crippen LogP contribution >= 0.6 is 11.6 Å². The molecule has 0 spiro atoms. The van der Waals surface area contributed by atoms with Gasteiger partial charge in [-0.15, -0.1) is 0 Å². The number of nitrogens with zero attached hydrogens (tertiary/aromatic N) is 1. The van der Waals surface area contributed by atoms with Gasteiger partial charge < -0.3 is 20.8 Å². The molecule has 1 amide bonds. The molecule has 3 N–H and O–H groups in total. The van der Waals surface area contributed by atoms with Crippen LogP contribution in [0.2, 0.25) is 5.02 Å². The minimum atomic E-state index is -0.458. The van der Waals surface area contributed by atoms with Gasteiger partial charge in [-0.3, -0.25) is 4.98 Å². The van der Waals surface area contributed by atoms with Gasteiger partial charge in [0, 0.05) is 41.8 Å². The van der Waals surface area contributed by atoms with E-state index in [4.69, 9.17) is 21.7 Å². The predicted molar refractivity (Wildman–Crippen MR) is 109 cm³/mol. The summed E-state index contributed by atoms with van der Waals surface area (Å²) in [4.78, 5) is 15.8. The summed E-state index contributed by atoms with van der Waals surface area (Å²) in [5, 5.41) is 14.3. The zero-order valence-electron chi connectivity index (χ0n) is 16.2. The highest BCUT2D eigenvalue weighted by Crippen LogP contribution is 2.31. The lowest BCUT2D eigenvalue weighted by molar-refractivity contribution is 0.0525. The van der Waals surface area contributed by atoms with Crippen LogP contribution in [0.1, 0.15) is 52.1 Å². The van der Waals surface area contributed by atoms with Crippen molar-refractivity contribution in [1.29, 1.82) is 5.41 Å². The molecule has 1 aliphatic rings. The zero-order valence-corrected chi connectivity index (χ0v) is 17.0. The molecular formula is C20H29ClN4O2. The van der Waals surface area contributed by atoms with Crippen LogP contribution in [0.4, 0.5) is 4.79 Å². The normalized spacial score (nSPS) is 19.8. The third-order valence-electron chi connectivity index (χ3n) is 4.34. The molecule has 6 nitrogen and oxygen atoms in total. The summed E-state index contributed by atoms with van der Waals surface area (Å²) in [5.41, 5.74) is 0.942. The van der Waals surface area contributed by atoms with Gasteiger partial charge in [-0.05, 0) is 64.5 Å². The Kier molecular flexibility index (Phi) is 7.66. The van der Waals surface area contributed by atoms with Crippen molar-refractivity contribution < 1.29 is 9.53 Å². The minimum Gasteiger partial charge on any atom is -0.444 e. The Hall–Kier alpha value is -2.08. The molecule has 0 radical (unpaired) electrons. The quantitative estimate of drug-likeness (QED) is 0.452. The van der Waals surface area contributed by atoms with Crippen LogP contribution < -0.4 is 10.6 Å². The molecule has 1 heterocycles. The number of hydrogen-bond donors (Lipinski definition) is 3. The monoisotopic (exact) mass is 392 g/mol.